The molecule has 82 heavy (non-hydrogen) atoms. The van der Waals surface area contributed by atoms with E-state index < -0.39 is 83.8 Å². The van der Waals surface area contributed by atoms with Gasteiger partial charge in [0, 0.05) is 71.9 Å². The number of benzene rings is 1. The Morgan fingerprint density at radius 3 is 2.01 bits per heavy atom. The predicted molar refractivity (Wildman–Crippen MR) is 306 cm³/mol. The molecule has 1 fully saturated rings. The first kappa shape index (κ1) is 64.3. The van der Waals surface area contributed by atoms with Gasteiger partial charge in [-0.25, -0.2) is 9.97 Å². The molecular weight excluding hydrogens is 1060 g/mol. The van der Waals surface area contributed by atoms with Crippen LogP contribution in [0.5, 0.6) is 5.75 Å². The second-order valence-electron chi connectivity index (χ2n) is 21.0. The van der Waals surface area contributed by atoms with Crippen molar-refractivity contribution in [2.75, 3.05) is 51.2 Å². The van der Waals surface area contributed by atoms with Gasteiger partial charge in [0.1, 0.15) is 54.1 Å². The highest BCUT2D eigenvalue weighted by molar-refractivity contribution is 5.96. The number of aromatic nitrogens is 5. The summed E-state index contributed by atoms with van der Waals surface area (Å²) in [5, 5.41) is 39.3. The molecule has 1 aliphatic rings. The highest BCUT2D eigenvalue weighted by Crippen LogP contribution is 2.19. The van der Waals surface area contributed by atoms with Gasteiger partial charge in [0.25, 0.3) is 5.56 Å². The molecule has 0 saturated carbocycles. The summed E-state index contributed by atoms with van der Waals surface area (Å²) in [7, 11) is 1.45. The van der Waals surface area contributed by atoms with Crippen LogP contribution in [-0.2, 0) is 57.7 Å². The fourth-order valence-electron chi connectivity index (χ4n) is 9.46. The predicted octanol–water partition coefficient (Wildman–Crippen LogP) is -1.55. The minimum Gasteiger partial charge on any atom is -0.508 e. The monoisotopic (exact) mass is 1140 g/mol. The summed E-state index contributed by atoms with van der Waals surface area (Å²) in [6.45, 7) is 10.1. The number of phenolic OH excluding ortho intramolecular Hbond substituents is 1. The number of fused-ring (bicyclic) bond motifs is 1. The summed E-state index contributed by atoms with van der Waals surface area (Å²) in [6, 6.07) is 1.04. The lowest BCUT2D eigenvalue weighted by Gasteiger charge is -2.37. The number of aromatic amines is 2. The number of piperazine rings is 1. The van der Waals surface area contributed by atoms with E-state index in [1.807, 2.05) is 32.6 Å². The minimum absolute atomic E-state index is 0.00508. The zero-order valence-electron chi connectivity index (χ0n) is 47.6. The Bertz CT molecular complexity index is 2870. The van der Waals surface area contributed by atoms with E-state index in [9.17, 15) is 48.3 Å². The van der Waals surface area contributed by atoms with Crippen molar-refractivity contribution < 1.29 is 43.5 Å². The molecular formula is C54H82N18O10. The Morgan fingerprint density at radius 1 is 0.780 bits per heavy atom. The third-order valence-corrected chi connectivity index (χ3v) is 14.1. The molecule has 1 saturated heterocycles. The van der Waals surface area contributed by atoms with E-state index in [1.54, 1.807) is 23.1 Å². The maximum Gasteiger partial charge on any atom is 0.276 e. The number of likely N-dealkylation sites (N-methyl/N-ethyl adjacent to an activating group) is 1. The lowest BCUT2D eigenvalue weighted by Crippen LogP contribution is -2.59. The minimum atomic E-state index is -1.37. The molecule has 1 aromatic carbocycles. The van der Waals surface area contributed by atoms with Gasteiger partial charge in [-0.3, -0.25) is 53.5 Å². The number of nitrogens with two attached hydrogens (primary N) is 2. The molecule has 16 N–H and O–H groups in total. The summed E-state index contributed by atoms with van der Waals surface area (Å²) in [5.74, 6) is -4.72. The van der Waals surface area contributed by atoms with Crippen molar-refractivity contribution in [2.24, 2.45) is 23.3 Å². The number of aromatic hydroxyl groups is 1. The Labute approximate surface area is 475 Å². The van der Waals surface area contributed by atoms with Gasteiger partial charge in [-0.2, -0.15) is 0 Å². The van der Waals surface area contributed by atoms with Crippen molar-refractivity contribution in [1.82, 2.24) is 71.9 Å². The molecule has 7 atom stereocenters. The molecule has 8 amide bonds. The summed E-state index contributed by atoms with van der Waals surface area (Å²) >= 11 is 0. The number of hydrogen-bond acceptors (Lipinski definition) is 15. The number of rotatable bonds is 31. The third-order valence-electron chi connectivity index (χ3n) is 14.1. The van der Waals surface area contributed by atoms with Crippen LogP contribution in [0.3, 0.4) is 0 Å². The van der Waals surface area contributed by atoms with Crippen LogP contribution in [-0.4, -0.2) is 170 Å². The first-order chi connectivity index (χ1) is 39.1. The number of unbranched alkanes of at least 4 members (excludes halogenated alkanes) is 1. The maximum atomic E-state index is 14.4. The maximum absolute atomic E-state index is 14.4. The first-order valence-corrected chi connectivity index (χ1v) is 27.8. The normalized spacial score (nSPS) is 15.0. The van der Waals surface area contributed by atoms with E-state index in [0.717, 1.165) is 0 Å². The smallest absolute Gasteiger partial charge is 0.276 e. The fourth-order valence-corrected chi connectivity index (χ4v) is 9.46. The van der Waals surface area contributed by atoms with Crippen LogP contribution in [0.25, 0.3) is 11.0 Å². The van der Waals surface area contributed by atoms with Gasteiger partial charge in [-0.15, -0.1) is 0 Å². The Kier molecular flexibility index (Phi) is 24.6. The molecule has 0 bridgehead atoms. The van der Waals surface area contributed by atoms with Crippen LogP contribution in [0, 0.1) is 17.2 Å². The van der Waals surface area contributed by atoms with E-state index in [4.69, 9.17) is 21.9 Å². The Hall–Kier alpha value is -8.56. The van der Waals surface area contributed by atoms with E-state index in [-0.39, 0.29) is 111 Å². The molecule has 3 aromatic heterocycles. The first-order valence-electron chi connectivity index (χ1n) is 27.8. The topological polar surface area (TPSA) is 415 Å². The number of phenols is 1. The van der Waals surface area contributed by atoms with Crippen molar-refractivity contribution in [3.05, 3.63) is 70.7 Å². The number of hydrogen-bond donors (Lipinski definition) is 14. The molecule has 0 aliphatic carbocycles. The molecule has 0 radical (unpaired) electrons. The largest absolute Gasteiger partial charge is 0.508 e. The summed E-state index contributed by atoms with van der Waals surface area (Å²) in [6.07, 6.45) is 6.92. The van der Waals surface area contributed by atoms with Crippen LogP contribution in [0.4, 0.5) is 5.95 Å². The fraction of sp³-hybridized carbons (Fsp3) is 0.556. The van der Waals surface area contributed by atoms with Gasteiger partial charge in [-0.1, -0.05) is 46.2 Å². The summed E-state index contributed by atoms with van der Waals surface area (Å²) < 4.78 is 1.38. The van der Waals surface area contributed by atoms with E-state index >= 15 is 0 Å². The number of anilines is 1. The number of imidazole rings is 1. The number of H-pyrrole nitrogens is 2. The second kappa shape index (κ2) is 31.4. The summed E-state index contributed by atoms with van der Waals surface area (Å²) in [5.41, 5.74) is 11.9. The zero-order chi connectivity index (χ0) is 60.0. The SMILES string of the molecule is CC[C@H](C)[C@H](NC(C)=O)C(=O)N[C@@H](CCCCN)C(=O)N1CCN(c2nc3ccn(CC(=O)N[C@@H](CCCNC(=N)N)C(=O)N[C@@H](Cc4c[nH]cn4)C(=O)N[C@@H](Cc4ccc(O)cc4)C(=O)N[C@@H](CC(C)C)C(=O)NC)c3c(=O)[nH]2)CC1. The number of nitrogens with one attached hydrogen (secondary N) is 11. The van der Waals surface area contributed by atoms with Crippen LogP contribution < -0.4 is 64.5 Å². The van der Waals surface area contributed by atoms with Crippen LogP contribution in [0.15, 0.2) is 53.8 Å². The number of amides is 8. The van der Waals surface area contributed by atoms with E-state index in [0.29, 0.717) is 49.9 Å². The lowest BCUT2D eigenvalue weighted by molar-refractivity contribution is -0.138. The van der Waals surface area contributed by atoms with E-state index in [2.05, 4.69) is 57.5 Å². The average molecular weight is 1140 g/mol. The van der Waals surface area contributed by atoms with Crippen LogP contribution in [0.1, 0.15) is 90.8 Å². The third kappa shape index (κ3) is 19.3. The molecule has 1 aliphatic heterocycles. The lowest BCUT2D eigenvalue weighted by atomic mass is 9.97. The van der Waals surface area contributed by atoms with Gasteiger partial charge < -0.3 is 78.5 Å². The van der Waals surface area contributed by atoms with Crippen molar-refractivity contribution in [3.63, 3.8) is 0 Å². The standard InChI is InChI=1S/C54H82N18O10/c1-7-32(4)44(62-33(5)73)50(80)64-39(11-8-9-18-55)52(82)70-21-23-71(24-22-70)54-68-37-17-20-72(45(37)51(81)69-54)29-43(75)63-38(12-10-19-60-53(56)57)47(77)67-42(27-35-28-59-30-61-35)49(79)66-41(26-34-13-15-36(74)16-14-34)48(78)65-40(25-31(2)3)46(76)58-6/h13-17,20,28,30-32,38-42,44,74H,7-12,18-19,21-27,29,55H2,1-6H3,(H,58,76)(H,59,61)(H,62,73)(H,63,75)(H,64,80)(H,65,78)(H,66,79)(H,67,77)(H4,56,57,60)(H,68,69,81)/t32-,38-,39-,40-,41-,42-,44-/m0/s1. The molecule has 28 nitrogen and oxygen atoms in total. The van der Waals surface area contributed by atoms with Crippen molar-refractivity contribution in [3.8, 4) is 5.75 Å². The second-order valence-corrected chi connectivity index (χ2v) is 21.0. The Balaban J connectivity index is 1.31. The number of carbonyl (C=O) groups is 8. The van der Waals surface area contributed by atoms with Gasteiger partial charge in [0.15, 0.2) is 5.96 Å². The molecule has 4 aromatic rings. The van der Waals surface area contributed by atoms with Crippen LogP contribution >= 0.6 is 0 Å². The van der Waals surface area contributed by atoms with Gasteiger partial charge in [0.2, 0.25) is 53.2 Å². The molecule has 0 spiro atoms. The number of nitrogens with zero attached hydrogens (tertiary/aromatic N) is 5. The number of guanidine groups is 1. The Morgan fingerprint density at radius 2 is 1.41 bits per heavy atom. The average Bonchev–Trinajstić information content (AvgIpc) is 4.20. The van der Waals surface area contributed by atoms with Crippen molar-refractivity contribution >= 4 is 70.2 Å². The highest BCUT2D eigenvalue weighted by Gasteiger charge is 2.35. The van der Waals surface area contributed by atoms with Crippen molar-refractivity contribution in [2.45, 2.75) is 135 Å². The van der Waals surface area contributed by atoms with Gasteiger partial charge in [0.05, 0.1) is 17.5 Å². The molecule has 0 unspecified atom stereocenters. The molecule has 5 rings (SSSR count). The molecule has 4 heterocycles. The van der Waals surface area contributed by atoms with Crippen molar-refractivity contribution in [1.29, 1.82) is 5.41 Å². The summed E-state index contributed by atoms with van der Waals surface area (Å²) in [4.78, 5) is 141. The van der Waals surface area contributed by atoms with E-state index in [1.165, 1.54) is 49.4 Å². The number of carbonyl (C=O) groups excluding carboxylic acids is 8. The quantitative estimate of drug-likeness (QED) is 0.0154. The zero-order valence-corrected chi connectivity index (χ0v) is 47.6. The highest BCUT2D eigenvalue weighted by atomic mass is 16.3. The van der Waals surface area contributed by atoms with Gasteiger partial charge in [-0.05, 0) is 80.7 Å². The molecule has 28 heteroatoms. The van der Waals surface area contributed by atoms with Crippen LogP contribution in [0.2, 0.25) is 0 Å². The van der Waals surface area contributed by atoms with Gasteiger partial charge >= 0.3 is 0 Å². The molecule has 448 valence electrons.